The summed E-state index contributed by atoms with van der Waals surface area (Å²) in [5.41, 5.74) is 3.47. The molecule has 1 heterocycles. The van der Waals surface area contributed by atoms with E-state index < -0.39 is 0 Å². The van der Waals surface area contributed by atoms with Crippen LogP contribution in [-0.2, 0) is 4.74 Å². The van der Waals surface area contributed by atoms with Crippen molar-refractivity contribution in [2.24, 2.45) is 0 Å². The molecule has 108 valence electrons. The molecule has 0 atom stereocenters. The van der Waals surface area contributed by atoms with Crippen LogP contribution in [0.2, 0.25) is 0 Å². The lowest BCUT2D eigenvalue weighted by Gasteiger charge is -2.12. The zero-order chi connectivity index (χ0) is 14.5. The Bertz CT molecular complexity index is 561. The second-order valence-corrected chi connectivity index (χ2v) is 5.25. The molecule has 0 bridgehead atoms. The minimum Gasteiger partial charge on any atom is -0.383 e. The Balaban J connectivity index is 2.29. The summed E-state index contributed by atoms with van der Waals surface area (Å²) in [6, 6.07) is 8.58. The number of nitrogens with zero attached hydrogens (tertiary/aromatic N) is 2. The minimum atomic E-state index is 0.518. The molecule has 0 aliphatic heterocycles. The highest BCUT2D eigenvalue weighted by molar-refractivity contribution is 5.45. The average molecular weight is 273 g/mol. The lowest BCUT2D eigenvalue weighted by Crippen LogP contribution is -2.11. The van der Waals surface area contributed by atoms with Crippen molar-refractivity contribution in [3.8, 4) is 5.69 Å². The largest absolute Gasteiger partial charge is 0.383 e. The molecule has 4 nitrogen and oxygen atoms in total. The van der Waals surface area contributed by atoms with Gasteiger partial charge >= 0.3 is 0 Å². The van der Waals surface area contributed by atoms with Crippen LogP contribution >= 0.6 is 0 Å². The molecule has 0 spiro atoms. The molecule has 0 aliphatic rings. The average Bonchev–Trinajstić information content (AvgIpc) is 2.80. The van der Waals surface area contributed by atoms with Gasteiger partial charge < -0.3 is 10.1 Å². The fourth-order valence-corrected chi connectivity index (χ4v) is 2.12. The van der Waals surface area contributed by atoms with E-state index in [1.807, 2.05) is 6.92 Å². The molecule has 0 unspecified atom stereocenters. The van der Waals surface area contributed by atoms with E-state index in [1.165, 1.54) is 5.56 Å². The van der Waals surface area contributed by atoms with Crippen molar-refractivity contribution in [2.45, 2.75) is 26.7 Å². The van der Waals surface area contributed by atoms with E-state index >= 15 is 0 Å². The summed E-state index contributed by atoms with van der Waals surface area (Å²) in [5, 5.41) is 3.31. The van der Waals surface area contributed by atoms with Crippen molar-refractivity contribution in [3.05, 3.63) is 41.7 Å². The van der Waals surface area contributed by atoms with Crippen LogP contribution in [0.3, 0.4) is 0 Å². The number of imidazole rings is 1. The van der Waals surface area contributed by atoms with Crippen LogP contribution < -0.4 is 5.32 Å². The first-order chi connectivity index (χ1) is 9.61. The van der Waals surface area contributed by atoms with Crippen molar-refractivity contribution < 1.29 is 4.74 Å². The third kappa shape index (κ3) is 3.39. The molecular formula is C16H23N3O. The van der Waals surface area contributed by atoms with Gasteiger partial charge in [0.05, 0.1) is 12.3 Å². The summed E-state index contributed by atoms with van der Waals surface area (Å²) in [6.45, 7) is 7.82. The SMILES string of the molecule is COCCNc1nc(C)cn1-c1cccc(C(C)C)c1. The van der Waals surface area contributed by atoms with Crippen LogP contribution in [0.15, 0.2) is 30.5 Å². The first-order valence-electron chi connectivity index (χ1n) is 7.01. The topological polar surface area (TPSA) is 39.1 Å². The molecule has 0 saturated heterocycles. The Morgan fingerprint density at radius 2 is 2.15 bits per heavy atom. The van der Waals surface area contributed by atoms with E-state index in [4.69, 9.17) is 4.74 Å². The Labute approximate surface area is 120 Å². The van der Waals surface area contributed by atoms with Crippen LogP contribution in [-0.4, -0.2) is 29.8 Å². The molecule has 4 heteroatoms. The van der Waals surface area contributed by atoms with Gasteiger partial charge in [-0.1, -0.05) is 26.0 Å². The molecule has 1 N–H and O–H groups in total. The molecule has 2 aromatic rings. The number of hydrogen-bond donors (Lipinski definition) is 1. The number of hydrogen-bond acceptors (Lipinski definition) is 3. The summed E-state index contributed by atoms with van der Waals surface area (Å²) in [6.07, 6.45) is 2.05. The van der Waals surface area contributed by atoms with Crippen molar-refractivity contribution in [1.29, 1.82) is 0 Å². The summed E-state index contributed by atoms with van der Waals surface area (Å²) >= 11 is 0. The highest BCUT2D eigenvalue weighted by Crippen LogP contribution is 2.21. The Hall–Kier alpha value is -1.81. The van der Waals surface area contributed by atoms with E-state index in [0.29, 0.717) is 12.5 Å². The van der Waals surface area contributed by atoms with Gasteiger partial charge in [-0.25, -0.2) is 4.98 Å². The maximum Gasteiger partial charge on any atom is 0.207 e. The van der Waals surface area contributed by atoms with E-state index in [-0.39, 0.29) is 0 Å². The molecule has 0 fully saturated rings. The molecule has 1 aromatic heterocycles. The van der Waals surface area contributed by atoms with Gasteiger partial charge in [0.1, 0.15) is 0 Å². The van der Waals surface area contributed by atoms with E-state index in [1.54, 1.807) is 7.11 Å². The second-order valence-electron chi connectivity index (χ2n) is 5.25. The number of rotatable bonds is 6. The van der Waals surface area contributed by atoms with Crippen LogP contribution in [0.4, 0.5) is 5.95 Å². The smallest absolute Gasteiger partial charge is 0.207 e. The molecule has 0 amide bonds. The van der Waals surface area contributed by atoms with Gasteiger partial charge in [0.15, 0.2) is 0 Å². The van der Waals surface area contributed by atoms with Gasteiger partial charge in [-0.2, -0.15) is 0 Å². The first-order valence-corrected chi connectivity index (χ1v) is 7.01. The number of aromatic nitrogens is 2. The van der Waals surface area contributed by atoms with Crippen molar-refractivity contribution in [2.75, 3.05) is 25.6 Å². The van der Waals surface area contributed by atoms with Gasteiger partial charge in [0.2, 0.25) is 5.95 Å². The molecule has 0 saturated carbocycles. The fraction of sp³-hybridized carbons (Fsp3) is 0.438. The number of methoxy groups -OCH3 is 1. The van der Waals surface area contributed by atoms with E-state index in [0.717, 1.165) is 23.9 Å². The Kier molecular flexibility index (Phi) is 4.79. The Morgan fingerprint density at radius 1 is 1.35 bits per heavy atom. The van der Waals surface area contributed by atoms with E-state index in [2.05, 4.69) is 59.2 Å². The zero-order valence-electron chi connectivity index (χ0n) is 12.7. The maximum absolute atomic E-state index is 5.07. The summed E-state index contributed by atoms with van der Waals surface area (Å²) in [5.74, 6) is 1.38. The third-order valence-electron chi connectivity index (χ3n) is 3.23. The van der Waals surface area contributed by atoms with Gasteiger partial charge in [-0.3, -0.25) is 4.57 Å². The minimum absolute atomic E-state index is 0.518. The summed E-state index contributed by atoms with van der Waals surface area (Å²) in [7, 11) is 1.70. The van der Waals surface area contributed by atoms with Crippen LogP contribution in [0.1, 0.15) is 31.0 Å². The van der Waals surface area contributed by atoms with Crippen LogP contribution in [0.5, 0.6) is 0 Å². The predicted octanol–water partition coefficient (Wildman–Crippen LogP) is 3.36. The van der Waals surface area contributed by atoms with E-state index in [9.17, 15) is 0 Å². The quantitative estimate of drug-likeness (QED) is 0.820. The number of nitrogens with one attached hydrogen (secondary N) is 1. The normalized spacial score (nSPS) is 11.1. The highest BCUT2D eigenvalue weighted by Gasteiger charge is 2.08. The lowest BCUT2D eigenvalue weighted by molar-refractivity contribution is 0.210. The number of anilines is 1. The number of aryl methyl sites for hydroxylation is 1. The van der Waals surface area contributed by atoms with Gasteiger partial charge in [0, 0.05) is 25.5 Å². The summed E-state index contributed by atoms with van der Waals surface area (Å²) < 4.78 is 7.16. The monoisotopic (exact) mass is 273 g/mol. The number of benzene rings is 1. The fourth-order valence-electron chi connectivity index (χ4n) is 2.12. The lowest BCUT2D eigenvalue weighted by atomic mass is 10.0. The molecule has 20 heavy (non-hydrogen) atoms. The van der Waals surface area contributed by atoms with Crippen LogP contribution in [0.25, 0.3) is 5.69 Å². The zero-order valence-corrected chi connectivity index (χ0v) is 12.7. The van der Waals surface area contributed by atoms with Crippen molar-refractivity contribution in [1.82, 2.24) is 9.55 Å². The van der Waals surface area contributed by atoms with Crippen molar-refractivity contribution in [3.63, 3.8) is 0 Å². The second kappa shape index (κ2) is 6.57. The molecule has 1 aromatic carbocycles. The van der Waals surface area contributed by atoms with Crippen LogP contribution in [0, 0.1) is 6.92 Å². The molecule has 0 radical (unpaired) electrons. The molecular weight excluding hydrogens is 250 g/mol. The predicted molar refractivity (Wildman–Crippen MR) is 82.8 cm³/mol. The summed E-state index contributed by atoms with van der Waals surface area (Å²) in [4.78, 5) is 4.53. The maximum atomic E-state index is 5.07. The van der Waals surface area contributed by atoms with Gasteiger partial charge in [-0.05, 0) is 30.5 Å². The van der Waals surface area contributed by atoms with Gasteiger partial charge in [-0.15, -0.1) is 0 Å². The Morgan fingerprint density at radius 3 is 2.85 bits per heavy atom. The van der Waals surface area contributed by atoms with Crippen molar-refractivity contribution >= 4 is 5.95 Å². The standard InChI is InChI=1S/C16H23N3O/c1-12(2)14-6-5-7-15(10-14)19-11-13(3)18-16(19)17-8-9-20-4/h5-7,10-12H,8-9H2,1-4H3,(H,17,18). The third-order valence-corrected chi connectivity index (χ3v) is 3.23. The molecule has 0 aliphatic carbocycles. The number of ether oxygens (including phenoxy) is 1. The first kappa shape index (κ1) is 14.6. The highest BCUT2D eigenvalue weighted by atomic mass is 16.5. The van der Waals surface area contributed by atoms with Gasteiger partial charge in [0.25, 0.3) is 0 Å². The molecule has 2 rings (SSSR count).